The van der Waals surface area contributed by atoms with Crippen LogP contribution in [-0.2, 0) is 6.18 Å². The van der Waals surface area contributed by atoms with Gasteiger partial charge in [0.05, 0.1) is 23.5 Å². The first-order chi connectivity index (χ1) is 18.0. The van der Waals surface area contributed by atoms with Gasteiger partial charge in [-0.05, 0) is 63.7 Å². The van der Waals surface area contributed by atoms with Gasteiger partial charge in [-0.2, -0.15) is 13.2 Å². The standard InChI is InChI=1S/C27H30F3N7O/c1-18-12-14-36(23-17-22(33-34-26(23)31)19-7-4-5-9-24(19)38)15-16-37(18)25-11-10-20(27(28,29)30)21(32-25)8-6-13-35(2)3/h4-5,7,9-11,17-18,38H,12-16H2,1-3H3,(H2,31,34)/t18-/m0/s1. The third-order valence-electron chi connectivity index (χ3n) is 6.36. The maximum absolute atomic E-state index is 13.6. The number of benzene rings is 1. The molecular weight excluding hydrogens is 495 g/mol. The molecule has 3 aromatic rings. The van der Waals surface area contributed by atoms with Crippen LogP contribution < -0.4 is 15.5 Å². The summed E-state index contributed by atoms with van der Waals surface area (Å²) in [7, 11) is 3.59. The lowest BCUT2D eigenvalue weighted by molar-refractivity contribution is -0.138. The molecule has 4 rings (SSSR count). The molecule has 0 unspecified atom stereocenters. The molecule has 200 valence electrons. The van der Waals surface area contributed by atoms with Gasteiger partial charge in [0.25, 0.3) is 0 Å². The second kappa shape index (κ2) is 11.1. The minimum absolute atomic E-state index is 0.000445. The fourth-order valence-corrected chi connectivity index (χ4v) is 4.32. The number of nitrogens with zero attached hydrogens (tertiary/aromatic N) is 6. The van der Waals surface area contributed by atoms with E-state index in [2.05, 4.69) is 31.9 Å². The maximum Gasteiger partial charge on any atom is 0.419 e. The van der Waals surface area contributed by atoms with E-state index >= 15 is 0 Å². The number of hydrogen-bond donors (Lipinski definition) is 2. The van der Waals surface area contributed by atoms with Crippen LogP contribution in [0.25, 0.3) is 11.3 Å². The van der Waals surface area contributed by atoms with Gasteiger partial charge in [0.15, 0.2) is 5.82 Å². The van der Waals surface area contributed by atoms with Crippen LogP contribution in [0.5, 0.6) is 5.75 Å². The van der Waals surface area contributed by atoms with Gasteiger partial charge in [0.1, 0.15) is 17.3 Å². The molecule has 3 N–H and O–H groups in total. The molecule has 0 radical (unpaired) electrons. The van der Waals surface area contributed by atoms with E-state index in [1.54, 1.807) is 49.3 Å². The number of anilines is 3. The molecule has 0 aliphatic carbocycles. The average molecular weight is 526 g/mol. The van der Waals surface area contributed by atoms with Crippen LogP contribution in [0.2, 0.25) is 0 Å². The normalized spacial score (nSPS) is 16.2. The summed E-state index contributed by atoms with van der Waals surface area (Å²) in [6.07, 6.45) is -3.84. The van der Waals surface area contributed by atoms with E-state index in [9.17, 15) is 18.3 Å². The molecule has 0 amide bonds. The number of nitrogens with two attached hydrogens (primary N) is 1. The number of phenolic OH excluding ortho intramolecular Hbond substituents is 1. The quantitative estimate of drug-likeness (QED) is 0.496. The van der Waals surface area contributed by atoms with Gasteiger partial charge in [0.2, 0.25) is 0 Å². The molecule has 0 spiro atoms. The van der Waals surface area contributed by atoms with E-state index < -0.39 is 11.7 Å². The van der Waals surface area contributed by atoms with Crippen molar-refractivity contribution in [1.29, 1.82) is 0 Å². The Hall–Kier alpha value is -4.04. The minimum atomic E-state index is -4.55. The summed E-state index contributed by atoms with van der Waals surface area (Å²) in [6.45, 7) is 4.01. The van der Waals surface area contributed by atoms with E-state index in [1.165, 1.54) is 6.07 Å². The molecule has 38 heavy (non-hydrogen) atoms. The number of hydrogen-bond acceptors (Lipinski definition) is 8. The Morgan fingerprint density at radius 1 is 1.11 bits per heavy atom. The number of phenols is 1. The van der Waals surface area contributed by atoms with Gasteiger partial charge in [-0.3, -0.25) is 4.90 Å². The van der Waals surface area contributed by atoms with E-state index in [1.807, 2.05) is 11.8 Å². The van der Waals surface area contributed by atoms with Crippen LogP contribution >= 0.6 is 0 Å². The third kappa shape index (κ3) is 6.08. The number of rotatable bonds is 4. The largest absolute Gasteiger partial charge is 0.507 e. The first kappa shape index (κ1) is 27.0. The average Bonchev–Trinajstić information content (AvgIpc) is 3.05. The number of aromatic nitrogens is 3. The molecule has 1 atom stereocenters. The molecule has 2 aromatic heterocycles. The highest BCUT2D eigenvalue weighted by Gasteiger charge is 2.35. The Labute approximate surface area is 219 Å². The highest BCUT2D eigenvalue weighted by atomic mass is 19.4. The summed E-state index contributed by atoms with van der Waals surface area (Å²) in [5, 5.41) is 18.5. The summed E-state index contributed by atoms with van der Waals surface area (Å²) < 4.78 is 40.9. The predicted octanol–water partition coefficient (Wildman–Crippen LogP) is 3.86. The van der Waals surface area contributed by atoms with Crippen LogP contribution in [0, 0.1) is 11.8 Å². The van der Waals surface area contributed by atoms with E-state index in [0.29, 0.717) is 55.4 Å². The van der Waals surface area contributed by atoms with Crippen molar-refractivity contribution < 1.29 is 18.3 Å². The van der Waals surface area contributed by atoms with Crippen molar-refractivity contribution in [2.75, 3.05) is 55.8 Å². The monoisotopic (exact) mass is 525 g/mol. The van der Waals surface area contributed by atoms with Crippen LogP contribution in [0.4, 0.5) is 30.5 Å². The fraction of sp³-hybridized carbons (Fsp3) is 0.370. The Morgan fingerprint density at radius 3 is 2.58 bits per heavy atom. The van der Waals surface area contributed by atoms with Crippen LogP contribution in [-0.4, -0.2) is 71.5 Å². The lowest BCUT2D eigenvalue weighted by Crippen LogP contribution is -2.35. The lowest BCUT2D eigenvalue weighted by Gasteiger charge is -2.28. The first-order valence-electron chi connectivity index (χ1n) is 12.2. The number of alkyl halides is 3. The minimum Gasteiger partial charge on any atom is -0.507 e. The SMILES string of the molecule is C[C@H]1CCN(c2cc(-c3ccccc3O)nnc2N)CCN1c1ccc(C(F)(F)F)c(C#CCN(C)C)n1. The van der Waals surface area contributed by atoms with Crippen LogP contribution in [0.15, 0.2) is 42.5 Å². The number of aromatic hydroxyl groups is 1. The molecule has 1 saturated heterocycles. The zero-order valence-electron chi connectivity index (χ0n) is 21.5. The van der Waals surface area contributed by atoms with Crippen LogP contribution in [0.1, 0.15) is 24.6 Å². The van der Waals surface area contributed by atoms with Gasteiger partial charge < -0.3 is 20.6 Å². The van der Waals surface area contributed by atoms with E-state index in [4.69, 9.17) is 5.73 Å². The number of para-hydroxylation sites is 1. The molecule has 11 heteroatoms. The van der Waals surface area contributed by atoms with Crippen molar-refractivity contribution in [2.24, 2.45) is 0 Å². The van der Waals surface area contributed by atoms with E-state index in [0.717, 1.165) is 6.07 Å². The van der Waals surface area contributed by atoms with Crippen molar-refractivity contribution in [3.63, 3.8) is 0 Å². The van der Waals surface area contributed by atoms with Crippen molar-refractivity contribution in [3.8, 4) is 28.8 Å². The zero-order chi connectivity index (χ0) is 27.4. The fourth-order valence-electron chi connectivity index (χ4n) is 4.32. The van der Waals surface area contributed by atoms with E-state index in [-0.39, 0.29) is 23.3 Å². The van der Waals surface area contributed by atoms with Gasteiger partial charge in [-0.1, -0.05) is 18.1 Å². The number of pyridine rings is 1. The summed E-state index contributed by atoms with van der Waals surface area (Å²) in [4.78, 5) is 10.2. The molecule has 1 aromatic carbocycles. The van der Waals surface area contributed by atoms with Crippen molar-refractivity contribution in [2.45, 2.75) is 25.6 Å². The molecule has 0 bridgehead atoms. The third-order valence-corrected chi connectivity index (χ3v) is 6.36. The molecule has 1 aliphatic rings. The van der Waals surface area contributed by atoms with Crippen molar-refractivity contribution in [3.05, 3.63) is 53.7 Å². The van der Waals surface area contributed by atoms with Gasteiger partial charge >= 0.3 is 6.18 Å². The van der Waals surface area contributed by atoms with Gasteiger partial charge in [0, 0.05) is 31.2 Å². The Kier molecular flexibility index (Phi) is 7.92. The predicted molar refractivity (Wildman–Crippen MR) is 142 cm³/mol. The summed E-state index contributed by atoms with van der Waals surface area (Å²) >= 11 is 0. The van der Waals surface area contributed by atoms with Crippen molar-refractivity contribution in [1.82, 2.24) is 20.1 Å². The molecule has 8 nitrogen and oxygen atoms in total. The lowest BCUT2D eigenvalue weighted by atomic mass is 10.1. The Morgan fingerprint density at radius 2 is 1.87 bits per heavy atom. The molecule has 0 saturated carbocycles. The summed E-state index contributed by atoms with van der Waals surface area (Å²) in [5.74, 6) is 6.18. The highest BCUT2D eigenvalue weighted by molar-refractivity contribution is 5.74. The Balaban J connectivity index is 1.61. The van der Waals surface area contributed by atoms with Crippen molar-refractivity contribution >= 4 is 17.3 Å². The smallest absolute Gasteiger partial charge is 0.419 e. The zero-order valence-corrected chi connectivity index (χ0v) is 21.5. The molecule has 3 heterocycles. The molecule has 1 aliphatic heterocycles. The maximum atomic E-state index is 13.6. The summed E-state index contributed by atoms with van der Waals surface area (Å²) in [5.41, 5.74) is 6.78. The second-order valence-corrected chi connectivity index (χ2v) is 9.44. The number of halogens is 3. The first-order valence-corrected chi connectivity index (χ1v) is 12.2. The van der Waals surface area contributed by atoms with Gasteiger partial charge in [-0.25, -0.2) is 4.98 Å². The molecule has 1 fully saturated rings. The molecular formula is C27H30F3N7O. The number of nitrogen functional groups attached to an aromatic ring is 1. The topological polar surface area (TPSA) is 94.6 Å². The van der Waals surface area contributed by atoms with Gasteiger partial charge in [-0.15, -0.1) is 10.2 Å². The highest BCUT2D eigenvalue weighted by Crippen LogP contribution is 2.34. The Bertz CT molecular complexity index is 1350. The summed E-state index contributed by atoms with van der Waals surface area (Å²) in [6, 6.07) is 11.1. The second-order valence-electron chi connectivity index (χ2n) is 9.44. The van der Waals surface area contributed by atoms with Crippen LogP contribution in [0.3, 0.4) is 0 Å².